The van der Waals surface area contributed by atoms with Crippen LogP contribution < -0.4 is 0 Å². The Hall–Kier alpha value is -0.610. The van der Waals surface area contributed by atoms with Crippen molar-refractivity contribution in [1.82, 2.24) is 4.90 Å². The van der Waals surface area contributed by atoms with E-state index in [0.717, 1.165) is 58.2 Å². The van der Waals surface area contributed by atoms with Gasteiger partial charge in [-0.15, -0.1) is 0 Å². The molecule has 3 rings (SSSR count). The second-order valence-electron chi connectivity index (χ2n) is 7.23. The van der Waals surface area contributed by atoms with Gasteiger partial charge in [0.05, 0.1) is 18.1 Å². The lowest BCUT2D eigenvalue weighted by Gasteiger charge is -2.37. The summed E-state index contributed by atoms with van der Waals surface area (Å²) in [4.78, 5) is 14.4. The van der Waals surface area contributed by atoms with E-state index in [9.17, 15) is 9.90 Å². The molecule has 1 atom stereocenters. The standard InChI is InChI=1S/C17H29NO3/c19-16(13-17(20)8-2-1-3-9-17)18-10-6-14(7-11-18)15-5-4-12-21-15/h14-15,20H,1-13H2. The van der Waals surface area contributed by atoms with E-state index in [1.165, 1.54) is 19.3 Å². The Morgan fingerprint density at radius 3 is 2.43 bits per heavy atom. The Morgan fingerprint density at radius 1 is 1.10 bits per heavy atom. The van der Waals surface area contributed by atoms with E-state index >= 15 is 0 Å². The summed E-state index contributed by atoms with van der Waals surface area (Å²) in [5.74, 6) is 0.791. The van der Waals surface area contributed by atoms with Gasteiger partial charge in [0.2, 0.25) is 5.91 Å². The van der Waals surface area contributed by atoms with E-state index < -0.39 is 5.60 Å². The van der Waals surface area contributed by atoms with Crippen LogP contribution in [-0.2, 0) is 9.53 Å². The summed E-state index contributed by atoms with van der Waals surface area (Å²) in [6, 6.07) is 0. The van der Waals surface area contributed by atoms with Crippen molar-refractivity contribution in [2.45, 2.75) is 75.9 Å². The third-order valence-corrected chi connectivity index (χ3v) is 5.65. The molecule has 0 aromatic carbocycles. The number of carbonyl (C=O) groups is 1. The van der Waals surface area contributed by atoms with Crippen LogP contribution in [-0.4, -0.2) is 47.3 Å². The summed E-state index contributed by atoms with van der Waals surface area (Å²) in [5.41, 5.74) is -0.721. The lowest BCUT2D eigenvalue weighted by molar-refractivity contribution is -0.139. The third kappa shape index (κ3) is 3.78. The van der Waals surface area contributed by atoms with Crippen LogP contribution in [0, 0.1) is 5.92 Å². The minimum absolute atomic E-state index is 0.158. The second kappa shape index (κ2) is 6.66. The van der Waals surface area contributed by atoms with Gasteiger partial charge in [-0.3, -0.25) is 4.79 Å². The van der Waals surface area contributed by atoms with Crippen LogP contribution in [0.25, 0.3) is 0 Å². The summed E-state index contributed by atoms with van der Waals surface area (Å²) >= 11 is 0. The number of nitrogens with zero attached hydrogens (tertiary/aromatic N) is 1. The molecule has 0 aromatic heterocycles. The van der Waals surface area contributed by atoms with Crippen molar-refractivity contribution in [3.05, 3.63) is 0 Å². The first-order valence-corrected chi connectivity index (χ1v) is 8.78. The van der Waals surface area contributed by atoms with Crippen LogP contribution in [0.2, 0.25) is 0 Å². The predicted octanol–water partition coefficient (Wildman–Crippen LogP) is 2.49. The number of piperidine rings is 1. The molecule has 2 aliphatic heterocycles. The highest BCUT2D eigenvalue weighted by Crippen LogP contribution is 2.33. The highest BCUT2D eigenvalue weighted by Gasteiger charge is 2.35. The molecular weight excluding hydrogens is 266 g/mol. The van der Waals surface area contributed by atoms with E-state index in [2.05, 4.69) is 0 Å². The van der Waals surface area contributed by atoms with Crippen LogP contribution in [0.3, 0.4) is 0 Å². The molecule has 1 N–H and O–H groups in total. The zero-order chi connectivity index (χ0) is 14.7. The lowest BCUT2D eigenvalue weighted by atomic mass is 9.82. The Labute approximate surface area is 127 Å². The second-order valence-corrected chi connectivity index (χ2v) is 7.23. The van der Waals surface area contributed by atoms with Crippen LogP contribution >= 0.6 is 0 Å². The highest BCUT2D eigenvalue weighted by molar-refractivity contribution is 5.77. The van der Waals surface area contributed by atoms with Crippen molar-refractivity contribution in [3.63, 3.8) is 0 Å². The first-order chi connectivity index (χ1) is 10.2. The Morgan fingerprint density at radius 2 is 1.81 bits per heavy atom. The van der Waals surface area contributed by atoms with Crippen molar-refractivity contribution in [3.8, 4) is 0 Å². The van der Waals surface area contributed by atoms with Crippen LogP contribution in [0.15, 0.2) is 0 Å². The Kier molecular flexibility index (Phi) is 4.85. The predicted molar refractivity (Wildman–Crippen MR) is 80.9 cm³/mol. The topological polar surface area (TPSA) is 49.8 Å². The van der Waals surface area contributed by atoms with Crippen molar-refractivity contribution in [2.24, 2.45) is 5.92 Å². The van der Waals surface area contributed by atoms with Gasteiger partial charge in [-0.25, -0.2) is 0 Å². The fourth-order valence-electron chi connectivity index (χ4n) is 4.27. The third-order valence-electron chi connectivity index (χ3n) is 5.65. The number of likely N-dealkylation sites (tertiary alicyclic amines) is 1. The molecule has 4 heteroatoms. The zero-order valence-corrected chi connectivity index (χ0v) is 13.1. The normalized spacial score (nSPS) is 30.5. The number of hydrogen-bond donors (Lipinski definition) is 1. The van der Waals surface area contributed by atoms with Gasteiger partial charge in [-0.1, -0.05) is 19.3 Å². The SMILES string of the molecule is O=C(CC1(O)CCCCC1)N1CCC(C2CCCO2)CC1. The van der Waals surface area contributed by atoms with Crippen LogP contribution in [0.4, 0.5) is 0 Å². The Bertz CT molecular complexity index is 351. The van der Waals surface area contributed by atoms with Crippen LogP contribution in [0.1, 0.15) is 64.2 Å². The monoisotopic (exact) mass is 295 g/mol. The fourth-order valence-corrected chi connectivity index (χ4v) is 4.27. The molecule has 1 amide bonds. The number of hydrogen-bond acceptors (Lipinski definition) is 3. The molecule has 120 valence electrons. The van der Waals surface area contributed by atoms with Gasteiger partial charge in [0.25, 0.3) is 0 Å². The number of aliphatic hydroxyl groups is 1. The number of amides is 1. The van der Waals surface area contributed by atoms with Crippen LogP contribution in [0.5, 0.6) is 0 Å². The summed E-state index contributed by atoms with van der Waals surface area (Å²) in [6.45, 7) is 2.61. The summed E-state index contributed by atoms with van der Waals surface area (Å²) in [6.07, 6.45) is 10.2. The molecule has 2 heterocycles. The van der Waals surface area contributed by atoms with Gasteiger partial charge < -0.3 is 14.7 Å². The van der Waals surface area contributed by atoms with E-state index in [0.29, 0.717) is 18.4 Å². The highest BCUT2D eigenvalue weighted by atomic mass is 16.5. The maximum absolute atomic E-state index is 12.4. The molecule has 0 radical (unpaired) electrons. The number of ether oxygens (including phenoxy) is 1. The zero-order valence-electron chi connectivity index (χ0n) is 13.1. The molecule has 1 saturated carbocycles. The molecular formula is C17H29NO3. The maximum Gasteiger partial charge on any atom is 0.225 e. The van der Waals surface area contributed by atoms with Gasteiger partial charge in [0.1, 0.15) is 0 Å². The molecule has 1 aliphatic carbocycles. The maximum atomic E-state index is 12.4. The Balaban J connectivity index is 1.46. The van der Waals surface area contributed by atoms with Crippen molar-refractivity contribution < 1.29 is 14.6 Å². The molecule has 0 spiro atoms. The molecule has 1 unspecified atom stereocenters. The summed E-state index contributed by atoms with van der Waals surface area (Å²) in [7, 11) is 0. The summed E-state index contributed by atoms with van der Waals surface area (Å²) in [5, 5.41) is 10.5. The van der Waals surface area contributed by atoms with Gasteiger partial charge in [0.15, 0.2) is 0 Å². The molecule has 21 heavy (non-hydrogen) atoms. The minimum atomic E-state index is -0.721. The molecule has 3 aliphatic rings. The van der Waals surface area contributed by atoms with Crippen molar-refractivity contribution in [2.75, 3.05) is 19.7 Å². The lowest BCUT2D eigenvalue weighted by Crippen LogP contribution is -2.45. The molecule has 4 nitrogen and oxygen atoms in total. The quantitative estimate of drug-likeness (QED) is 0.870. The molecule has 0 aromatic rings. The van der Waals surface area contributed by atoms with Crippen molar-refractivity contribution >= 4 is 5.91 Å². The smallest absolute Gasteiger partial charge is 0.225 e. The van der Waals surface area contributed by atoms with Gasteiger partial charge in [0, 0.05) is 19.7 Å². The first kappa shape index (κ1) is 15.3. The van der Waals surface area contributed by atoms with E-state index in [-0.39, 0.29) is 5.91 Å². The van der Waals surface area contributed by atoms with E-state index in [1.54, 1.807) is 0 Å². The van der Waals surface area contributed by atoms with Crippen molar-refractivity contribution in [1.29, 1.82) is 0 Å². The minimum Gasteiger partial charge on any atom is -0.389 e. The van der Waals surface area contributed by atoms with E-state index in [1.807, 2.05) is 4.90 Å². The number of carbonyl (C=O) groups excluding carboxylic acids is 1. The first-order valence-electron chi connectivity index (χ1n) is 8.78. The average molecular weight is 295 g/mol. The molecule has 2 saturated heterocycles. The fraction of sp³-hybridized carbons (Fsp3) is 0.941. The van der Waals surface area contributed by atoms with Gasteiger partial charge >= 0.3 is 0 Å². The average Bonchev–Trinajstić information content (AvgIpc) is 3.02. The van der Waals surface area contributed by atoms with Gasteiger partial charge in [-0.05, 0) is 44.4 Å². The molecule has 3 fully saturated rings. The summed E-state index contributed by atoms with van der Waals surface area (Å²) < 4.78 is 5.78. The number of rotatable bonds is 3. The molecule has 0 bridgehead atoms. The van der Waals surface area contributed by atoms with Gasteiger partial charge in [-0.2, -0.15) is 0 Å². The van der Waals surface area contributed by atoms with E-state index in [4.69, 9.17) is 4.74 Å². The largest absolute Gasteiger partial charge is 0.389 e.